The molecule has 1 saturated heterocycles. The van der Waals surface area contributed by atoms with Crippen LogP contribution in [0.3, 0.4) is 0 Å². The summed E-state index contributed by atoms with van der Waals surface area (Å²) in [5.41, 5.74) is 3.19. The lowest BCUT2D eigenvalue weighted by atomic mass is 9.81. The largest absolute Gasteiger partial charge is 0.301 e. The summed E-state index contributed by atoms with van der Waals surface area (Å²) in [5, 5.41) is 1.47. The van der Waals surface area contributed by atoms with Crippen LogP contribution in [-0.2, 0) is 9.59 Å². The van der Waals surface area contributed by atoms with Crippen LogP contribution in [0.5, 0.6) is 0 Å². The molecular weight excluding hydrogens is 180 g/mol. The van der Waals surface area contributed by atoms with E-state index in [1.54, 1.807) is 0 Å². The third-order valence-corrected chi connectivity index (χ3v) is 3.23. The third kappa shape index (κ3) is 1.66. The molecule has 0 aromatic heterocycles. The predicted molar refractivity (Wildman–Crippen MR) is 51.3 cm³/mol. The molecule has 0 unspecified atom stereocenters. The predicted octanol–water partition coefficient (Wildman–Crippen LogP) is 0.625. The molecule has 1 N–H and O–H groups in total. The van der Waals surface area contributed by atoms with E-state index >= 15 is 0 Å². The summed E-state index contributed by atoms with van der Waals surface area (Å²) in [5.74, 6) is 0.0685. The van der Waals surface area contributed by atoms with Crippen molar-refractivity contribution in [2.24, 2.45) is 0 Å². The Morgan fingerprint density at radius 2 is 2.07 bits per heavy atom. The molecule has 1 aliphatic heterocycles. The standard InChI is InChI=1S/C10H16N2O2/c13-7-6-12-9(14)8-10(11-12)4-2-1-3-5-10/h7,11H,1-6,8H2. The molecule has 0 aromatic rings. The molecule has 4 nitrogen and oxygen atoms in total. The van der Waals surface area contributed by atoms with Gasteiger partial charge in [-0.2, -0.15) is 0 Å². The second-order valence-electron chi connectivity index (χ2n) is 4.30. The molecule has 0 atom stereocenters. The van der Waals surface area contributed by atoms with Gasteiger partial charge < -0.3 is 4.79 Å². The summed E-state index contributed by atoms with van der Waals surface area (Å²) in [6.45, 7) is 0.181. The first kappa shape index (κ1) is 9.65. The van der Waals surface area contributed by atoms with E-state index in [-0.39, 0.29) is 18.0 Å². The molecular formula is C10H16N2O2. The van der Waals surface area contributed by atoms with Gasteiger partial charge in [-0.25, -0.2) is 5.43 Å². The zero-order chi connectivity index (χ0) is 10.0. The van der Waals surface area contributed by atoms with Crippen LogP contribution in [-0.4, -0.2) is 29.3 Å². The molecule has 2 rings (SSSR count). The van der Waals surface area contributed by atoms with Crippen LogP contribution >= 0.6 is 0 Å². The smallest absolute Gasteiger partial charge is 0.239 e. The minimum atomic E-state index is -0.0155. The van der Waals surface area contributed by atoms with E-state index in [9.17, 15) is 9.59 Å². The van der Waals surface area contributed by atoms with Gasteiger partial charge in [0.05, 0.1) is 6.54 Å². The number of nitrogens with zero attached hydrogens (tertiary/aromatic N) is 1. The summed E-state index contributed by atoms with van der Waals surface area (Å²) in [6.07, 6.45) is 7.12. The molecule has 1 heterocycles. The quantitative estimate of drug-likeness (QED) is 0.659. The maximum Gasteiger partial charge on any atom is 0.239 e. The second-order valence-corrected chi connectivity index (χ2v) is 4.30. The van der Waals surface area contributed by atoms with Crippen molar-refractivity contribution >= 4 is 12.2 Å². The van der Waals surface area contributed by atoms with Gasteiger partial charge in [-0.1, -0.05) is 19.3 Å². The van der Waals surface area contributed by atoms with Gasteiger partial charge in [0, 0.05) is 12.0 Å². The van der Waals surface area contributed by atoms with Crippen LogP contribution < -0.4 is 5.43 Å². The number of hydrazine groups is 1. The van der Waals surface area contributed by atoms with Crippen LogP contribution in [0.15, 0.2) is 0 Å². The number of hydrogen-bond donors (Lipinski definition) is 1. The fourth-order valence-electron chi connectivity index (χ4n) is 2.51. The first-order chi connectivity index (χ1) is 6.76. The Labute approximate surface area is 83.6 Å². The van der Waals surface area contributed by atoms with Crippen molar-refractivity contribution in [3.05, 3.63) is 0 Å². The van der Waals surface area contributed by atoms with Gasteiger partial charge in [-0.3, -0.25) is 9.80 Å². The van der Waals surface area contributed by atoms with Crippen molar-refractivity contribution in [3.63, 3.8) is 0 Å². The van der Waals surface area contributed by atoms with Gasteiger partial charge in [0.25, 0.3) is 0 Å². The average molecular weight is 196 g/mol. The summed E-state index contributed by atoms with van der Waals surface area (Å²) in [6, 6.07) is 0. The zero-order valence-corrected chi connectivity index (χ0v) is 8.29. The van der Waals surface area contributed by atoms with Crippen molar-refractivity contribution < 1.29 is 9.59 Å². The van der Waals surface area contributed by atoms with Crippen LogP contribution in [0.4, 0.5) is 0 Å². The maximum absolute atomic E-state index is 11.5. The van der Waals surface area contributed by atoms with Crippen LogP contribution in [0.1, 0.15) is 38.5 Å². The van der Waals surface area contributed by atoms with Crippen molar-refractivity contribution in [3.8, 4) is 0 Å². The number of carbonyl (C=O) groups excluding carboxylic acids is 2. The van der Waals surface area contributed by atoms with Crippen LogP contribution in [0, 0.1) is 0 Å². The van der Waals surface area contributed by atoms with Gasteiger partial charge in [-0.05, 0) is 12.8 Å². The van der Waals surface area contributed by atoms with Gasteiger partial charge >= 0.3 is 0 Å². The van der Waals surface area contributed by atoms with Crippen molar-refractivity contribution in [2.75, 3.05) is 6.54 Å². The highest BCUT2D eigenvalue weighted by atomic mass is 16.2. The Morgan fingerprint density at radius 3 is 2.71 bits per heavy atom. The number of carbonyl (C=O) groups is 2. The van der Waals surface area contributed by atoms with E-state index in [0.29, 0.717) is 6.42 Å². The molecule has 4 heteroatoms. The fourth-order valence-corrected chi connectivity index (χ4v) is 2.51. The van der Waals surface area contributed by atoms with Crippen LogP contribution in [0.2, 0.25) is 0 Å². The molecule has 14 heavy (non-hydrogen) atoms. The molecule has 78 valence electrons. The summed E-state index contributed by atoms with van der Waals surface area (Å²) < 4.78 is 0. The molecule has 2 fully saturated rings. The Bertz CT molecular complexity index is 247. The Kier molecular flexibility index (Phi) is 2.54. The number of hydrogen-bond acceptors (Lipinski definition) is 3. The molecule has 1 saturated carbocycles. The van der Waals surface area contributed by atoms with E-state index < -0.39 is 0 Å². The first-order valence-corrected chi connectivity index (χ1v) is 5.28. The maximum atomic E-state index is 11.5. The summed E-state index contributed by atoms with van der Waals surface area (Å²) >= 11 is 0. The Hall–Kier alpha value is -0.900. The minimum Gasteiger partial charge on any atom is -0.301 e. The lowest BCUT2D eigenvalue weighted by Gasteiger charge is -2.33. The summed E-state index contributed by atoms with van der Waals surface area (Å²) in [7, 11) is 0. The molecule has 0 aromatic carbocycles. The monoisotopic (exact) mass is 196 g/mol. The number of rotatable bonds is 2. The lowest BCUT2D eigenvalue weighted by molar-refractivity contribution is -0.131. The SMILES string of the molecule is O=CCN1NC2(CCCCC2)CC1=O. The van der Waals surface area contributed by atoms with Gasteiger partial charge in [-0.15, -0.1) is 0 Å². The van der Waals surface area contributed by atoms with Crippen molar-refractivity contribution in [2.45, 2.75) is 44.1 Å². The highest BCUT2D eigenvalue weighted by Crippen LogP contribution is 2.34. The Balaban J connectivity index is 2.02. The molecule has 2 aliphatic rings. The molecule has 1 amide bonds. The number of aldehydes is 1. The van der Waals surface area contributed by atoms with E-state index in [1.807, 2.05) is 0 Å². The normalized spacial score (nSPS) is 25.7. The number of amides is 1. The van der Waals surface area contributed by atoms with Gasteiger partial charge in [0.15, 0.2) is 0 Å². The summed E-state index contributed by atoms with van der Waals surface area (Å²) in [4.78, 5) is 21.9. The second kappa shape index (κ2) is 3.69. The van der Waals surface area contributed by atoms with Crippen LogP contribution in [0.25, 0.3) is 0 Å². The van der Waals surface area contributed by atoms with E-state index in [4.69, 9.17) is 0 Å². The first-order valence-electron chi connectivity index (χ1n) is 5.28. The van der Waals surface area contributed by atoms with E-state index in [2.05, 4.69) is 5.43 Å². The zero-order valence-electron chi connectivity index (χ0n) is 8.29. The molecule has 1 spiro atoms. The van der Waals surface area contributed by atoms with E-state index in [1.165, 1.54) is 24.3 Å². The van der Waals surface area contributed by atoms with Crippen molar-refractivity contribution in [1.29, 1.82) is 0 Å². The highest BCUT2D eigenvalue weighted by Gasteiger charge is 2.42. The number of nitrogens with one attached hydrogen (secondary N) is 1. The fraction of sp³-hybridized carbons (Fsp3) is 0.800. The molecule has 0 radical (unpaired) electrons. The molecule has 0 bridgehead atoms. The van der Waals surface area contributed by atoms with Gasteiger partial charge in [0.2, 0.25) is 5.91 Å². The third-order valence-electron chi connectivity index (χ3n) is 3.23. The topological polar surface area (TPSA) is 49.4 Å². The lowest BCUT2D eigenvalue weighted by Crippen LogP contribution is -2.47. The van der Waals surface area contributed by atoms with Crippen molar-refractivity contribution in [1.82, 2.24) is 10.4 Å². The Morgan fingerprint density at radius 1 is 1.36 bits per heavy atom. The van der Waals surface area contributed by atoms with E-state index in [0.717, 1.165) is 19.1 Å². The molecule has 1 aliphatic carbocycles. The minimum absolute atomic E-state index is 0.0155. The van der Waals surface area contributed by atoms with Gasteiger partial charge in [0.1, 0.15) is 6.29 Å². The average Bonchev–Trinajstić information content (AvgIpc) is 2.45. The highest BCUT2D eigenvalue weighted by molar-refractivity contribution is 5.81.